The molecule has 19 heavy (non-hydrogen) atoms. The third kappa shape index (κ3) is 6.32. The van der Waals surface area contributed by atoms with E-state index in [4.69, 9.17) is 23.1 Å². The summed E-state index contributed by atoms with van der Waals surface area (Å²) in [6, 6.07) is 7.90. The first-order chi connectivity index (χ1) is 8.92. The van der Waals surface area contributed by atoms with E-state index >= 15 is 0 Å². The average molecular weight is 301 g/mol. The number of carbonyl (C=O) groups excluding carboxylic acids is 1. The first-order valence-electron chi connectivity index (χ1n) is 6.33. The number of carbonyl (C=O) groups is 1. The molecule has 3 nitrogen and oxygen atoms in total. The van der Waals surface area contributed by atoms with Crippen molar-refractivity contribution in [3.63, 3.8) is 0 Å². The van der Waals surface area contributed by atoms with Crippen LogP contribution in [0.4, 0.5) is 0 Å². The van der Waals surface area contributed by atoms with E-state index < -0.39 is 11.4 Å². The average Bonchev–Trinajstić information content (AvgIpc) is 2.35. The Bertz CT molecular complexity index is 406. The number of primary amides is 1. The molecule has 1 aromatic carbocycles. The van der Waals surface area contributed by atoms with E-state index in [-0.39, 0.29) is 0 Å². The number of hydrogen-bond acceptors (Lipinski definition) is 3. The Hall–Kier alpha value is -0.710. The van der Waals surface area contributed by atoms with Crippen molar-refractivity contribution in [2.45, 2.75) is 37.5 Å². The number of amides is 1. The molecule has 5 heteroatoms. The number of rotatable bonds is 8. The molecule has 0 saturated heterocycles. The van der Waals surface area contributed by atoms with E-state index in [1.807, 2.05) is 36.0 Å². The fraction of sp³-hybridized carbons (Fsp3) is 0.500. The number of benzene rings is 1. The summed E-state index contributed by atoms with van der Waals surface area (Å²) in [4.78, 5) is 11.0. The van der Waals surface area contributed by atoms with Gasteiger partial charge in [0, 0.05) is 10.8 Å². The fourth-order valence-corrected chi connectivity index (χ4v) is 2.70. The van der Waals surface area contributed by atoms with E-state index in [1.54, 1.807) is 6.92 Å². The zero-order valence-corrected chi connectivity index (χ0v) is 12.8. The Kier molecular flexibility index (Phi) is 6.69. The maximum absolute atomic E-state index is 11.0. The number of thioether (sulfide) groups is 1. The number of nitrogens with two attached hydrogens (primary N) is 2. The van der Waals surface area contributed by atoms with E-state index in [2.05, 4.69) is 0 Å². The molecule has 0 aliphatic rings. The summed E-state index contributed by atoms with van der Waals surface area (Å²) in [6.45, 7) is 1.69. The molecule has 1 amide bonds. The SMILES string of the molecule is CC(N)(CCCCSCc1ccc(Cl)cc1)C(N)=O. The van der Waals surface area contributed by atoms with Crippen molar-refractivity contribution in [1.82, 2.24) is 0 Å². The smallest absolute Gasteiger partial charge is 0.237 e. The lowest BCUT2D eigenvalue weighted by Crippen LogP contribution is -2.49. The zero-order valence-electron chi connectivity index (χ0n) is 11.2. The van der Waals surface area contributed by atoms with Crippen LogP contribution in [-0.2, 0) is 10.5 Å². The van der Waals surface area contributed by atoms with Gasteiger partial charge in [-0.25, -0.2) is 0 Å². The van der Waals surface area contributed by atoms with Gasteiger partial charge in [-0.1, -0.05) is 30.2 Å². The van der Waals surface area contributed by atoms with Crippen molar-refractivity contribution in [3.05, 3.63) is 34.9 Å². The predicted octanol–water partition coefficient (Wildman–Crippen LogP) is 2.95. The maximum atomic E-state index is 11.0. The summed E-state index contributed by atoms with van der Waals surface area (Å²) in [5.74, 6) is 1.60. The van der Waals surface area contributed by atoms with Gasteiger partial charge in [0.05, 0.1) is 5.54 Å². The minimum Gasteiger partial charge on any atom is -0.368 e. The van der Waals surface area contributed by atoms with Crippen LogP contribution in [0, 0.1) is 0 Å². The summed E-state index contributed by atoms with van der Waals surface area (Å²) in [5.41, 5.74) is 11.4. The second-order valence-electron chi connectivity index (χ2n) is 4.92. The monoisotopic (exact) mass is 300 g/mol. The van der Waals surface area contributed by atoms with Gasteiger partial charge in [-0.15, -0.1) is 0 Å². The molecule has 0 spiro atoms. The molecule has 0 heterocycles. The second kappa shape index (κ2) is 7.78. The highest BCUT2D eigenvalue weighted by Crippen LogP contribution is 2.18. The third-order valence-electron chi connectivity index (χ3n) is 2.98. The van der Waals surface area contributed by atoms with Crippen molar-refractivity contribution in [1.29, 1.82) is 0 Å². The lowest BCUT2D eigenvalue weighted by Gasteiger charge is -2.19. The van der Waals surface area contributed by atoms with Crippen molar-refractivity contribution in [2.24, 2.45) is 11.5 Å². The quantitative estimate of drug-likeness (QED) is 0.725. The Morgan fingerprint density at radius 3 is 2.53 bits per heavy atom. The molecule has 0 fully saturated rings. The van der Waals surface area contributed by atoms with E-state index in [9.17, 15) is 4.79 Å². The van der Waals surface area contributed by atoms with Gasteiger partial charge in [-0.3, -0.25) is 4.79 Å². The van der Waals surface area contributed by atoms with Crippen molar-refractivity contribution >= 4 is 29.3 Å². The normalized spacial score (nSPS) is 14.1. The summed E-state index contributed by atoms with van der Waals surface area (Å²) >= 11 is 7.70. The summed E-state index contributed by atoms with van der Waals surface area (Å²) in [6.07, 6.45) is 2.60. The second-order valence-corrected chi connectivity index (χ2v) is 6.46. The van der Waals surface area contributed by atoms with Crippen LogP contribution >= 0.6 is 23.4 Å². The molecule has 0 saturated carbocycles. The maximum Gasteiger partial charge on any atom is 0.237 e. The molecule has 0 radical (unpaired) electrons. The van der Waals surface area contributed by atoms with E-state index in [0.29, 0.717) is 6.42 Å². The van der Waals surface area contributed by atoms with E-state index in [1.165, 1.54) is 5.56 Å². The first kappa shape index (κ1) is 16.3. The predicted molar refractivity (Wildman–Crippen MR) is 83.3 cm³/mol. The molecule has 1 atom stereocenters. The van der Waals surface area contributed by atoms with Crippen molar-refractivity contribution in [2.75, 3.05) is 5.75 Å². The highest BCUT2D eigenvalue weighted by Gasteiger charge is 2.24. The Morgan fingerprint density at radius 1 is 1.32 bits per heavy atom. The molecule has 0 aliphatic heterocycles. The Morgan fingerprint density at radius 2 is 1.95 bits per heavy atom. The van der Waals surface area contributed by atoms with Gasteiger partial charge >= 0.3 is 0 Å². The topological polar surface area (TPSA) is 69.1 Å². The highest BCUT2D eigenvalue weighted by atomic mass is 35.5. The Balaban J connectivity index is 2.12. The molecule has 4 N–H and O–H groups in total. The Labute approximate surface area is 124 Å². The van der Waals surface area contributed by atoms with Crippen LogP contribution in [0.1, 0.15) is 31.7 Å². The van der Waals surface area contributed by atoms with Gasteiger partial charge in [0.25, 0.3) is 0 Å². The summed E-state index contributed by atoms with van der Waals surface area (Å²) < 4.78 is 0. The van der Waals surface area contributed by atoms with Gasteiger partial charge in [0.1, 0.15) is 0 Å². The zero-order chi connectivity index (χ0) is 14.3. The number of unbranched alkanes of at least 4 members (excludes halogenated alkanes) is 1. The van der Waals surface area contributed by atoms with Gasteiger partial charge in [0.15, 0.2) is 0 Å². The minimum absolute atomic E-state index is 0.429. The molecule has 106 valence electrons. The summed E-state index contributed by atoms with van der Waals surface area (Å²) in [5, 5.41) is 0.766. The van der Waals surface area contributed by atoms with Crippen molar-refractivity contribution < 1.29 is 4.79 Å². The van der Waals surface area contributed by atoms with Crippen LogP contribution in [0.3, 0.4) is 0 Å². The van der Waals surface area contributed by atoms with Crippen LogP contribution in [0.2, 0.25) is 5.02 Å². The number of halogens is 1. The van der Waals surface area contributed by atoms with Gasteiger partial charge in [-0.2, -0.15) is 11.8 Å². The highest BCUT2D eigenvalue weighted by molar-refractivity contribution is 7.98. The molecule has 0 aromatic heterocycles. The minimum atomic E-state index is -0.874. The molecule has 1 rings (SSSR count). The molecule has 1 aromatic rings. The lowest BCUT2D eigenvalue weighted by atomic mass is 9.96. The van der Waals surface area contributed by atoms with E-state index in [0.717, 1.165) is 29.4 Å². The number of hydrogen-bond donors (Lipinski definition) is 2. The van der Waals surface area contributed by atoms with Crippen LogP contribution in [0.5, 0.6) is 0 Å². The van der Waals surface area contributed by atoms with Crippen LogP contribution in [-0.4, -0.2) is 17.2 Å². The van der Waals surface area contributed by atoms with Crippen LogP contribution in [0.15, 0.2) is 24.3 Å². The van der Waals surface area contributed by atoms with Gasteiger partial charge in [0.2, 0.25) is 5.91 Å². The molecular formula is C14H21ClN2OS. The van der Waals surface area contributed by atoms with Crippen molar-refractivity contribution in [3.8, 4) is 0 Å². The molecule has 0 aliphatic carbocycles. The molecular weight excluding hydrogens is 280 g/mol. The third-order valence-corrected chi connectivity index (χ3v) is 4.35. The standard InChI is InChI=1S/C14H21ClN2OS/c1-14(17,13(16)18)8-2-3-9-19-10-11-4-6-12(15)7-5-11/h4-7H,2-3,8-10,17H2,1H3,(H2,16,18). The molecule has 0 bridgehead atoms. The largest absolute Gasteiger partial charge is 0.368 e. The lowest BCUT2D eigenvalue weighted by molar-refractivity contribution is -0.122. The molecule has 1 unspecified atom stereocenters. The van der Waals surface area contributed by atoms with Gasteiger partial charge in [-0.05, 0) is 43.2 Å². The van der Waals surface area contributed by atoms with Crippen LogP contribution < -0.4 is 11.5 Å². The summed E-state index contributed by atoms with van der Waals surface area (Å²) in [7, 11) is 0. The fourth-order valence-electron chi connectivity index (χ4n) is 1.59. The first-order valence-corrected chi connectivity index (χ1v) is 7.86. The van der Waals surface area contributed by atoms with Gasteiger partial charge < -0.3 is 11.5 Å². The van der Waals surface area contributed by atoms with Crippen LogP contribution in [0.25, 0.3) is 0 Å².